The van der Waals surface area contributed by atoms with Gasteiger partial charge in [0.2, 0.25) is 13.6 Å². The molecule has 0 spiro atoms. The van der Waals surface area contributed by atoms with Gasteiger partial charge in [-0.05, 0) is 47.5 Å². The Kier molecular flexibility index (Phi) is 4.39. The van der Waals surface area contributed by atoms with Gasteiger partial charge in [0.25, 0.3) is 5.56 Å². The molecule has 0 saturated carbocycles. The molecule has 6 aromatic rings. The van der Waals surface area contributed by atoms with Crippen LogP contribution in [0.4, 0.5) is 0 Å². The molecule has 3 aromatic heterocycles. The molecular weight excluding hydrogens is 486 g/mol. The molecule has 0 unspecified atom stereocenters. The molecule has 186 valence electrons. The van der Waals surface area contributed by atoms with E-state index in [9.17, 15) is 4.79 Å². The summed E-state index contributed by atoms with van der Waals surface area (Å²) in [5, 5.41) is 0.433. The summed E-state index contributed by atoms with van der Waals surface area (Å²) in [6, 6.07) is 19.1. The molecule has 0 saturated heterocycles. The Bertz CT molecular complexity index is 1980. The molecule has 0 N–H and O–H groups in total. The van der Waals surface area contributed by atoms with Crippen LogP contribution >= 0.6 is 0 Å². The molecule has 0 aliphatic carbocycles. The normalized spacial score (nSPS) is 13.7. The third kappa shape index (κ3) is 3.20. The molecule has 0 amide bonds. The number of aromatic nitrogens is 5. The minimum Gasteiger partial charge on any atom is -0.454 e. The second kappa shape index (κ2) is 7.94. The summed E-state index contributed by atoms with van der Waals surface area (Å²) < 4.78 is 25.5. The van der Waals surface area contributed by atoms with Crippen molar-refractivity contribution in [3.05, 3.63) is 88.5 Å². The van der Waals surface area contributed by atoms with E-state index in [2.05, 4.69) is 0 Å². The van der Waals surface area contributed by atoms with Gasteiger partial charge in [0.1, 0.15) is 17.2 Å². The van der Waals surface area contributed by atoms with Gasteiger partial charge in [-0.2, -0.15) is 0 Å². The van der Waals surface area contributed by atoms with E-state index >= 15 is 0 Å². The van der Waals surface area contributed by atoms with E-state index in [-0.39, 0.29) is 19.1 Å². The Morgan fingerprint density at radius 1 is 0.711 bits per heavy atom. The molecule has 38 heavy (non-hydrogen) atoms. The summed E-state index contributed by atoms with van der Waals surface area (Å²) in [6.07, 6.45) is 1.57. The standard InChI is InChI=1S/C28H19N5O5/c34-28-24-25-27(31-19-4-2-1-3-18(19)30-25)33(12-17-6-8-21-23(10-17)38-15-36-21)26(24)29-13-32(28)11-16-5-7-20-22(9-16)37-14-35-20/h1-10,13H,11-12,14-15H2. The first kappa shape index (κ1) is 21.0. The average Bonchev–Trinajstić information content (AvgIpc) is 3.67. The van der Waals surface area contributed by atoms with E-state index in [0.29, 0.717) is 63.8 Å². The summed E-state index contributed by atoms with van der Waals surface area (Å²) in [4.78, 5) is 28.4. The Morgan fingerprint density at radius 2 is 1.34 bits per heavy atom. The molecule has 10 heteroatoms. The number of fused-ring (bicyclic) bond motifs is 6. The summed E-state index contributed by atoms with van der Waals surface area (Å²) >= 11 is 0. The fourth-order valence-electron chi connectivity index (χ4n) is 5.06. The van der Waals surface area contributed by atoms with Crippen LogP contribution in [0.1, 0.15) is 11.1 Å². The van der Waals surface area contributed by atoms with Crippen molar-refractivity contribution in [2.75, 3.05) is 13.6 Å². The summed E-state index contributed by atoms with van der Waals surface area (Å²) in [6.45, 7) is 1.16. The second-order valence-electron chi connectivity index (χ2n) is 9.22. The van der Waals surface area contributed by atoms with E-state index in [1.165, 1.54) is 0 Å². The molecule has 2 aliphatic heterocycles. The molecule has 10 nitrogen and oxygen atoms in total. The number of rotatable bonds is 4. The maximum Gasteiger partial charge on any atom is 0.265 e. The molecule has 3 aromatic carbocycles. The van der Waals surface area contributed by atoms with Gasteiger partial charge in [-0.15, -0.1) is 0 Å². The zero-order valence-corrected chi connectivity index (χ0v) is 20.0. The van der Waals surface area contributed by atoms with Crippen molar-refractivity contribution in [2.24, 2.45) is 0 Å². The fraction of sp³-hybridized carbons (Fsp3) is 0.143. The lowest BCUT2D eigenvalue weighted by Crippen LogP contribution is -2.21. The third-order valence-corrected chi connectivity index (χ3v) is 6.89. The second-order valence-corrected chi connectivity index (χ2v) is 9.22. The highest BCUT2D eigenvalue weighted by Gasteiger charge is 2.22. The minimum absolute atomic E-state index is 0.188. The van der Waals surface area contributed by atoms with Crippen molar-refractivity contribution in [3.63, 3.8) is 0 Å². The average molecular weight is 505 g/mol. The first-order valence-corrected chi connectivity index (χ1v) is 12.1. The lowest BCUT2D eigenvalue weighted by molar-refractivity contribution is 0.173. The fourth-order valence-corrected chi connectivity index (χ4v) is 5.06. The van der Waals surface area contributed by atoms with Crippen molar-refractivity contribution in [1.29, 1.82) is 0 Å². The van der Waals surface area contributed by atoms with Crippen molar-refractivity contribution >= 4 is 33.2 Å². The lowest BCUT2D eigenvalue weighted by atomic mass is 10.2. The number of hydrogen-bond acceptors (Lipinski definition) is 8. The van der Waals surface area contributed by atoms with Crippen LogP contribution in [-0.2, 0) is 13.1 Å². The van der Waals surface area contributed by atoms with Crippen LogP contribution in [0.15, 0.2) is 71.8 Å². The topological polar surface area (TPSA) is 103 Å². The van der Waals surface area contributed by atoms with Crippen LogP contribution in [-0.4, -0.2) is 37.7 Å². The molecular formula is C28H19N5O5. The van der Waals surface area contributed by atoms with Crippen LogP contribution in [0.2, 0.25) is 0 Å². The van der Waals surface area contributed by atoms with Gasteiger partial charge in [-0.25, -0.2) is 15.0 Å². The number of hydrogen-bond donors (Lipinski definition) is 0. The van der Waals surface area contributed by atoms with E-state index in [4.69, 9.17) is 33.9 Å². The van der Waals surface area contributed by atoms with Gasteiger partial charge in [0.05, 0.1) is 24.1 Å². The molecule has 2 aliphatic rings. The summed E-state index contributed by atoms with van der Waals surface area (Å²) in [7, 11) is 0. The zero-order chi connectivity index (χ0) is 25.2. The van der Waals surface area contributed by atoms with Gasteiger partial charge in [-0.3, -0.25) is 9.36 Å². The Labute approximate surface area is 214 Å². The first-order chi connectivity index (χ1) is 18.7. The molecule has 0 fully saturated rings. The number of para-hydroxylation sites is 2. The quantitative estimate of drug-likeness (QED) is 0.356. The Hall–Kier alpha value is -5.12. The van der Waals surface area contributed by atoms with Crippen LogP contribution in [0.3, 0.4) is 0 Å². The van der Waals surface area contributed by atoms with Crippen molar-refractivity contribution in [2.45, 2.75) is 13.1 Å². The first-order valence-electron chi connectivity index (χ1n) is 12.1. The molecule has 0 radical (unpaired) electrons. The predicted octanol–water partition coefficient (Wildman–Crippen LogP) is 3.85. The number of nitrogens with zero attached hydrogens (tertiary/aromatic N) is 5. The Balaban J connectivity index is 1.31. The summed E-state index contributed by atoms with van der Waals surface area (Å²) in [5.74, 6) is 2.77. The molecule has 0 bridgehead atoms. The van der Waals surface area contributed by atoms with Crippen LogP contribution in [0, 0.1) is 0 Å². The van der Waals surface area contributed by atoms with Gasteiger partial charge < -0.3 is 23.5 Å². The Morgan fingerprint density at radius 3 is 2.05 bits per heavy atom. The van der Waals surface area contributed by atoms with Crippen LogP contribution in [0.25, 0.3) is 33.2 Å². The maximum atomic E-state index is 13.9. The van der Waals surface area contributed by atoms with Gasteiger partial charge >= 0.3 is 0 Å². The predicted molar refractivity (Wildman–Crippen MR) is 138 cm³/mol. The van der Waals surface area contributed by atoms with Crippen LogP contribution in [0.5, 0.6) is 23.0 Å². The highest BCUT2D eigenvalue weighted by Crippen LogP contribution is 2.34. The van der Waals surface area contributed by atoms with Gasteiger partial charge in [0, 0.05) is 0 Å². The van der Waals surface area contributed by atoms with E-state index < -0.39 is 0 Å². The molecule has 8 rings (SSSR count). The van der Waals surface area contributed by atoms with E-state index in [1.54, 1.807) is 10.9 Å². The van der Waals surface area contributed by atoms with Crippen molar-refractivity contribution in [3.8, 4) is 23.0 Å². The smallest absolute Gasteiger partial charge is 0.265 e. The maximum absolute atomic E-state index is 13.9. The van der Waals surface area contributed by atoms with Gasteiger partial charge in [0.15, 0.2) is 34.3 Å². The minimum atomic E-state index is -0.188. The lowest BCUT2D eigenvalue weighted by Gasteiger charge is -2.09. The molecule has 5 heterocycles. The highest BCUT2D eigenvalue weighted by atomic mass is 16.7. The van der Waals surface area contributed by atoms with Crippen molar-refractivity contribution in [1.82, 2.24) is 24.1 Å². The number of benzene rings is 3. The van der Waals surface area contributed by atoms with Gasteiger partial charge in [-0.1, -0.05) is 24.3 Å². The zero-order valence-electron chi connectivity index (χ0n) is 20.0. The van der Waals surface area contributed by atoms with Crippen molar-refractivity contribution < 1.29 is 18.9 Å². The highest BCUT2D eigenvalue weighted by molar-refractivity contribution is 6.04. The number of ether oxygens (including phenoxy) is 4. The summed E-state index contributed by atoms with van der Waals surface area (Å²) in [5.41, 5.74) is 4.79. The third-order valence-electron chi connectivity index (χ3n) is 6.89. The monoisotopic (exact) mass is 505 g/mol. The largest absolute Gasteiger partial charge is 0.454 e. The molecule has 0 atom stereocenters. The SMILES string of the molecule is O=c1c2c3nc4ccccc4nc3n(Cc3ccc4c(c3)OCO4)c2ncn1Cc1ccc2c(c1)OCO2. The van der Waals surface area contributed by atoms with E-state index in [0.717, 1.165) is 16.6 Å². The van der Waals surface area contributed by atoms with E-state index in [1.807, 2.05) is 65.2 Å². The van der Waals surface area contributed by atoms with Crippen LogP contribution < -0.4 is 24.5 Å².